The second kappa shape index (κ2) is 7.32. The van der Waals surface area contributed by atoms with Crippen molar-refractivity contribution in [1.82, 2.24) is 29.2 Å². The summed E-state index contributed by atoms with van der Waals surface area (Å²) in [5.41, 5.74) is 0.107. The zero-order chi connectivity index (χ0) is 18.0. The molecule has 1 fully saturated rings. The number of hydrogen-bond donors (Lipinski definition) is 1. The highest BCUT2D eigenvalue weighted by molar-refractivity contribution is 5.05. The van der Waals surface area contributed by atoms with Gasteiger partial charge in [0.2, 0.25) is 0 Å². The SMILES string of the molecule is COCc1nc([C@H]2CCCCN2Cc2cc(=O)n(C)c(=O)n2C)n[nH]1. The van der Waals surface area contributed by atoms with E-state index in [0.29, 0.717) is 24.7 Å². The van der Waals surface area contributed by atoms with Crippen LogP contribution in [0.3, 0.4) is 0 Å². The molecular formula is C16H24N6O3. The molecule has 3 rings (SSSR count). The Balaban J connectivity index is 1.87. The van der Waals surface area contributed by atoms with E-state index in [4.69, 9.17) is 4.74 Å². The van der Waals surface area contributed by atoms with E-state index in [1.165, 1.54) is 17.7 Å². The fraction of sp³-hybridized carbons (Fsp3) is 0.625. The summed E-state index contributed by atoms with van der Waals surface area (Å²) < 4.78 is 7.73. The minimum Gasteiger partial charge on any atom is -0.377 e. The highest BCUT2D eigenvalue weighted by Gasteiger charge is 2.28. The molecule has 1 aliphatic heterocycles. The molecule has 3 heterocycles. The highest BCUT2D eigenvalue weighted by atomic mass is 16.5. The first-order valence-electron chi connectivity index (χ1n) is 8.41. The predicted molar refractivity (Wildman–Crippen MR) is 91.0 cm³/mol. The number of ether oxygens (including phenoxy) is 1. The smallest absolute Gasteiger partial charge is 0.330 e. The van der Waals surface area contributed by atoms with E-state index < -0.39 is 0 Å². The lowest BCUT2D eigenvalue weighted by molar-refractivity contribution is 0.130. The number of aromatic amines is 1. The van der Waals surface area contributed by atoms with E-state index in [1.807, 2.05) is 0 Å². The Labute approximate surface area is 145 Å². The standard InChI is InChI=1S/C16H24N6O3/c1-20-11(8-14(23)21(2)16(20)24)9-22-7-5-4-6-12(22)15-17-13(10-25-3)18-19-15/h8,12H,4-7,9-10H2,1-3H3,(H,17,18,19)/t12-/m1/s1. The van der Waals surface area contributed by atoms with Crippen LogP contribution in [0.5, 0.6) is 0 Å². The van der Waals surface area contributed by atoms with Crippen molar-refractivity contribution in [3.8, 4) is 0 Å². The number of H-pyrrole nitrogens is 1. The summed E-state index contributed by atoms with van der Waals surface area (Å²) in [7, 11) is 4.80. The summed E-state index contributed by atoms with van der Waals surface area (Å²) in [5.74, 6) is 1.43. The third-order valence-electron chi connectivity index (χ3n) is 4.73. The lowest BCUT2D eigenvalue weighted by Gasteiger charge is -2.34. The Bertz CT molecular complexity index is 852. The van der Waals surface area contributed by atoms with E-state index >= 15 is 0 Å². The van der Waals surface area contributed by atoms with E-state index in [9.17, 15) is 9.59 Å². The number of piperidine rings is 1. The van der Waals surface area contributed by atoms with Crippen molar-refractivity contribution in [1.29, 1.82) is 0 Å². The zero-order valence-electron chi connectivity index (χ0n) is 14.9. The second-order valence-corrected chi connectivity index (χ2v) is 6.43. The summed E-state index contributed by atoms with van der Waals surface area (Å²) in [6.07, 6.45) is 3.12. The van der Waals surface area contributed by atoms with Gasteiger partial charge >= 0.3 is 5.69 Å². The van der Waals surface area contributed by atoms with Crippen LogP contribution in [0.2, 0.25) is 0 Å². The van der Waals surface area contributed by atoms with Gasteiger partial charge in [0.1, 0.15) is 6.61 Å². The predicted octanol–water partition coefficient (Wildman–Crippen LogP) is 0.0757. The van der Waals surface area contributed by atoms with Gasteiger partial charge in [-0.15, -0.1) is 0 Å². The van der Waals surface area contributed by atoms with Crippen LogP contribution >= 0.6 is 0 Å². The Morgan fingerprint density at radius 2 is 2.08 bits per heavy atom. The fourth-order valence-electron chi connectivity index (χ4n) is 3.27. The molecule has 2 aromatic rings. The maximum atomic E-state index is 12.1. The molecule has 9 nitrogen and oxygen atoms in total. The van der Waals surface area contributed by atoms with Gasteiger partial charge < -0.3 is 4.74 Å². The van der Waals surface area contributed by atoms with Crippen molar-refractivity contribution < 1.29 is 4.74 Å². The normalized spacial score (nSPS) is 18.6. The Morgan fingerprint density at radius 1 is 1.28 bits per heavy atom. The summed E-state index contributed by atoms with van der Waals surface area (Å²) in [4.78, 5) is 30.9. The van der Waals surface area contributed by atoms with Gasteiger partial charge in [0, 0.05) is 39.5 Å². The molecule has 25 heavy (non-hydrogen) atoms. The van der Waals surface area contributed by atoms with Crippen LogP contribution in [0.25, 0.3) is 0 Å². The molecule has 2 aromatic heterocycles. The molecule has 1 N–H and O–H groups in total. The lowest BCUT2D eigenvalue weighted by atomic mass is 10.0. The van der Waals surface area contributed by atoms with Crippen molar-refractivity contribution in [2.24, 2.45) is 14.1 Å². The highest BCUT2D eigenvalue weighted by Crippen LogP contribution is 2.29. The van der Waals surface area contributed by atoms with Crippen LogP contribution in [0, 0.1) is 0 Å². The van der Waals surface area contributed by atoms with E-state index in [-0.39, 0.29) is 17.3 Å². The minimum absolute atomic E-state index is 0.0646. The molecule has 0 aliphatic carbocycles. The van der Waals surface area contributed by atoms with Gasteiger partial charge in [0.15, 0.2) is 11.6 Å². The second-order valence-electron chi connectivity index (χ2n) is 6.43. The van der Waals surface area contributed by atoms with Crippen molar-refractivity contribution >= 4 is 0 Å². The monoisotopic (exact) mass is 348 g/mol. The first kappa shape index (κ1) is 17.6. The maximum Gasteiger partial charge on any atom is 0.330 e. The Morgan fingerprint density at radius 3 is 2.84 bits per heavy atom. The summed E-state index contributed by atoms with van der Waals surface area (Å²) in [6.45, 7) is 1.78. The van der Waals surface area contributed by atoms with Gasteiger partial charge in [-0.1, -0.05) is 6.42 Å². The molecule has 9 heteroatoms. The van der Waals surface area contributed by atoms with Crippen molar-refractivity contribution in [2.75, 3.05) is 13.7 Å². The van der Waals surface area contributed by atoms with Gasteiger partial charge in [-0.05, 0) is 19.4 Å². The molecule has 0 radical (unpaired) electrons. The van der Waals surface area contributed by atoms with Gasteiger partial charge in [-0.3, -0.25) is 23.9 Å². The molecule has 0 spiro atoms. The topological polar surface area (TPSA) is 98.0 Å². The quantitative estimate of drug-likeness (QED) is 0.821. The average molecular weight is 348 g/mol. The van der Waals surface area contributed by atoms with Gasteiger partial charge in [-0.2, -0.15) is 5.10 Å². The first-order valence-corrected chi connectivity index (χ1v) is 8.41. The third-order valence-corrected chi connectivity index (χ3v) is 4.73. The third kappa shape index (κ3) is 3.57. The van der Waals surface area contributed by atoms with Crippen molar-refractivity contribution in [3.63, 3.8) is 0 Å². The number of likely N-dealkylation sites (tertiary alicyclic amines) is 1. The lowest BCUT2D eigenvalue weighted by Crippen LogP contribution is -2.41. The van der Waals surface area contributed by atoms with E-state index in [1.54, 1.807) is 14.2 Å². The number of methoxy groups -OCH3 is 1. The van der Waals surface area contributed by atoms with Crippen LogP contribution in [-0.4, -0.2) is 42.9 Å². The number of nitrogens with one attached hydrogen (secondary N) is 1. The largest absolute Gasteiger partial charge is 0.377 e. The molecule has 1 saturated heterocycles. The van der Waals surface area contributed by atoms with Crippen molar-refractivity contribution in [3.05, 3.63) is 44.2 Å². The van der Waals surface area contributed by atoms with E-state index in [2.05, 4.69) is 20.1 Å². The summed E-state index contributed by atoms with van der Waals surface area (Å²) >= 11 is 0. The molecular weight excluding hydrogens is 324 g/mol. The number of rotatable bonds is 5. The van der Waals surface area contributed by atoms with Crippen molar-refractivity contribution in [2.45, 2.75) is 38.5 Å². The molecule has 0 saturated carbocycles. The van der Waals surface area contributed by atoms with Gasteiger partial charge in [0.25, 0.3) is 5.56 Å². The van der Waals surface area contributed by atoms with Crippen LogP contribution in [-0.2, 0) is 32.0 Å². The number of nitrogens with zero attached hydrogens (tertiary/aromatic N) is 5. The Kier molecular flexibility index (Phi) is 5.14. The molecule has 1 aliphatic rings. The minimum atomic E-state index is -0.309. The molecule has 136 valence electrons. The molecule has 1 atom stereocenters. The number of aromatic nitrogens is 5. The van der Waals surface area contributed by atoms with Crippen LogP contribution in [0.15, 0.2) is 15.7 Å². The molecule has 0 bridgehead atoms. The van der Waals surface area contributed by atoms with Crippen LogP contribution in [0.4, 0.5) is 0 Å². The Hall–Kier alpha value is -2.26. The zero-order valence-corrected chi connectivity index (χ0v) is 14.9. The first-order chi connectivity index (χ1) is 12.0. The molecule has 0 unspecified atom stereocenters. The van der Waals surface area contributed by atoms with E-state index in [0.717, 1.165) is 36.2 Å². The summed E-state index contributed by atoms with van der Waals surface area (Å²) in [5, 5.41) is 7.23. The van der Waals surface area contributed by atoms with Crippen LogP contribution in [0.1, 0.15) is 42.6 Å². The average Bonchev–Trinajstić information content (AvgIpc) is 3.07. The van der Waals surface area contributed by atoms with Gasteiger partial charge in [-0.25, -0.2) is 9.78 Å². The summed E-state index contributed by atoms with van der Waals surface area (Å²) in [6, 6.07) is 1.59. The molecule has 0 aromatic carbocycles. The number of hydrogen-bond acceptors (Lipinski definition) is 6. The molecule has 0 amide bonds. The van der Waals surface area contributed by atoms with Crippen LogP contribution < -0.4 is 11.2 Å². The maximum absolute atomic E-state index is 12.1. The fourth-order valence-corrected chi connectivity index (χ4v) is 3.27. The van der Waals surface area contributed by atoms with Gasteiger partial charge in [0.05, 0.1) is 6.04 Å².